The van der Waals surface area contributed by atoms with Crippen LogP contribution in [0.2, 0.25) is 0 Å². The van der Waals surface area contributed by atoms with Gasteiger partial charge in [-0.1, -0.05) is 34.8 Å². The molecule has 2 N–H and O–H groups in total. The van der Waals surface area contributed by atoms with Gasteiger partial charge in [0.05, 0.1) is 6.61 Å². The van der Waals surface area contributed by atoms with Gasteiger partial charge in [-0.3, -0.25) is 10.1 Å². The van der Waals surface area contributed by atoms with Crippen molar-refractivity contribution in [1.29, 1.82) is 0 Å². The number of hydrogen-bond acceptors (Lipinski definition) is 7. The molecule has 0 fully saturated rings. The van der Waals surface area contributed by atoms with E-state index in [1.807, 2.05) is 0 Å². The van der Waals surface area contributed by atoms with Gasteiger partial charge in [-0.15, -0.1) is 11.3 Å². The lowest BCUT2D eigenvalue weighted by Gasteiger charge is -2.10. The highest BCUT2D eigenvalue weighted by molar-refractivity contribution is 7.14. The van der Waals surface area contributed by atoms with Gasteiger partial charge in [-0.2, -0.15) is 0 Å². The number of alkyl halides is 3. The molecule has 1 aromatic heterocycles. The van der Waals surface area contributed by atoms with Crippen molar-refractivity contribution < 1.29 is 19.1 Å². The maximum atomic E-state index is 11.4. The lowest BCUT2D eigenvalue weighted by atomic mass is 10.6. The number of aromatic nitrogens is 1. The zero-order chi connectivity index (χ0) is 15.9. The fraction of sp³-hybridized carbons (Fsp3) is 0.500. The number of halogens is 3. The molecule has 1 heterocycles. The maximum Gasteiger partial charge on any atom is 0.413 e. The molecule has 0 bridgehead atoms. The number of rotatable bonds is 6. The SMILES string of the molecule is CCOC(=O)CNc1csc(NC(=O)OCC(Cl)(Cl)Cl)n1. The predicted molar refractivity (Wildman–Crippen MR) is 82.5 cm³/mol. The number of anilines is 2. The van der Waals surface area contributed by atoms with E-state index >= 15 is 0 Å². The number of amides is 1. The summed E-state index contributed by atoms with van der Waals surface area (Å²) >= 11 is 17.5. The summed E-state index contributed by atoms with van der Waals surface area (Å²) in [6.45, 7) is 1.61. The van der Waals surface area contributed by atoms with E-state index in [-0.39, 0.29) is 18.3 Å². The van der Waals surface area contributed by atoms with Crippen LogP contribution in [0, 0.1) is 0 Å². The fourth-order valence-corrected chi connectivity index (χ4v) is 1.87. The molecule has 21 heavy (non-hydrogen) atoms. The van der Waals surface area contributed by atoms with Gasteiger partial charge in [0.1, 0.15) is 19.0 Å². The summed E-state index contributed by atoms with van der Waals surface area (Å²) in [4.78, 5) is 26.5. The molecule has 118 valence electrons. The van der Waals surface area contributed by atoms with Crippen LogP contribution in [-0.2, 0) is 14.3 Å². The Morgan fingerprint density at radius 3 is 2.71 bits per heavy atom. The van der Waals surface area contributed by atoms with Crippen LogP contribution in [0.25, 0.3) is 0 Å². The standard InChI is InChI=1S/C10H12Cl3N3O4S/c1-2-19-7(17)3-14-6-4-21-8(15-6)16-9(18)20-5-10(11,12)13/h4,14H,2-3,5H2,1H3,(H,15,16,18). The van der Waals surface area contributed by atoms with Crippen molar-refractivity contribution in [1.82, 2.24) is 4.98 Å². The largest absolute Gasteiger partial charge is 0.465 e. The average molecular weight is 377 g/mol. The number of nitrogens with one attached hydrogen (secondary N) is 2. The van der Waals surface area contributed by atoms with Crippen LogP contribution < -0.4 is 10.6 Å². The van der Waals surface area contributed by atoms with Crippen molar-refractivity contribution >= 4 is 69.2 Å². The number of thiazole rings is 1. The molecule has 0 saturated heterocycles. The van der Waals surface area contributed by atoms with Crippen molar-refractivity contribution in [3.63, 3.8) is 0 Å². The maximum absolute atomic E-state index is 11.4. The van der Waals surface area contributed by atoms with Crippen LogP contribution >= 0.6 is 46.1 Å². The van der Waals surface area contributed by atoms with E-state index in [1.165, 1.54) is 0 Å². The second-order valence-electron chi connectivity index (χ2n) is 3.51. The van der Waals surface area contributed by atoms with Gasteiger partial charge in [-0.25, -0.2) is 9.78 Å². The molecule has 11 heteroatoms. The molecule has 0 aliphatic rings. The average Bonchev–Trinajstić information content (AvgIpc) is 2.81. The molecular formula is C10H12Cl3N3O4S. The fourth-order valence-electron chi connectivity index (χ4n) is 1.06. The van der Waals surface area contributed by atoms with Gasteiger partial charge in [0.15, 0.2) is 5.13 Å². The van der Waals surface area contributed by atoms with E-state index < -0.39 is 15.9 Å². The van der Waals surface area contributed by atoms with Crippen molar-refractivity contribution in [2.24, 2.45) is 0 Å². The molecule has 0 spiro atoms. The molecule has 7 nitrogen and oxygen atoms in total. The third-order valence-corrected chi connectivity index (χ3v) is 2.88. The molecule has 0 atom stereocenters. The van der Waals surface area contributed by atoms with Crippen LogP contribution in [0.1, 0.15) is 6.92 Å². The Hall–Kier alpha value is -0.960. The van der Waals surface area contributed by atoms with Crippen molar-refractivity contribution in [3.05, 3.63) is 5.38 Å². The first-order valence-corrected chi connectivity index (χ1v) is 7.67. The molecule has 0 aromatic carbocycles. The third-order valence-electron chi connectivity index (χ3n) is 1.80. The highest BCUT2D eigenvalue weighted by Crippen LogP contribution is 2.26. The number of carbonyl (C=O) groups is 2. The number of hydrogen-bond donors (Lipinski definition) is 2. The van der Waals surface area contributed by atoms with Gasteiger partial charge in [-0.05, 0) is 6.92 Å². The number of carbonyl (C=O) groups excluding carboxylic acids is 2. The smallest absolute Gasteiger partial charge is 0.413 e. The van der Waals surface area contributed by atoms with Crippen LogP contribution in [0.5, 0.6) is 0 Å². The number of esters is 1. The normalized spacial score (nSPS) is 10.9. The van der Waals surface area contributed by atoms with Gasteiger partial charge < -0.3 is 14.8 Å². The summed E-state index contributed by atoms with van der Waals surface area (Å²) in [6.07, 6.45) is -0.799. The van der Waals surface area contributed by atoms with Gasteiger partial charge >= 0.3 is 12.1 Å². The zero-order valence-corrected chi connectivity index (χ0v) is 13.9. The lowest BCUT2D eigenvalue weighted by Crippen LogP contribution is -2.21. The van der Waals surface area contributed by atoms with Crippen LogP contribution in [0.4, 0.5) is 15.7 Å². The van der Waals surface area contributed by atoms with Crippen molar-refractivity contribution in [2.75, 3.05) is 30.4 Å². The summed E-state index contributed by atoms with van der Waals surface area (Å²) in [5.74, 6) is 0.0202. The molecule has 1 amide bonds. The van der Waals surface area contributed by atoms with Gasteiger partial charge in [0.25, 0.3) is 0 Å². The molecule has 1 aromatic rings. The Balaban J connectivity index is 2.37. The van der Waals surface area contributed by atoms with E-state index in [9.17, 15) is 9.59 Å². The molecular weight excluding hydrogens is 365 g/mol. The van der Waals surface area contributed by atoms with E-state index in [4.69, 9.17) is 39.5 Å². The third kappa shape index (κ3) is 8.15. The summed E-state index contributed by atoms with van der Waals surface area (Å²) in [6, 6.07) is 0. The number of ether oxygens (including phenoxy) is 2. The molecule has 1 rings (SSSR count). The van der Waals surface area contributed by atoms with E-state index in [0.717, 1.165) is 11.3 Å². The second-order valence-corrected chi connectivity index (χ2v) is 6.89. The topological polar surface area (TPSA) is 89.6 Å². The second kappa shape index (κ2) is 8.47. The number of nitrogens with zero attached hydrogens (tertiary/aromatic N) is 1. The van der Waals surface area contributed by atoms with Crippen LogP contribution in [-0.4, -0.2) is 40.6 Å². The summed E-state index contributed by atoms with van der Waals surface area (Å²) in [5.41, 5.74) is 0. The first kappa shape index (κ1) is 18.1. The van der Waals surface area contributed by atoms with E-state index in [0.29, 0.717) is 12.4 Å². The Kier molecular flexibility index (Phi) is 7.30. The molecule has 0 saturated carbocycles. The summed E-state index contributed by atoms with van der Waals surface area (Å²) in [7, 11) is 0. The monoisotopic (exact) mass is 375 g/mol. The van der Waals surface area contributed by atoms with Crippen LogP contribution in [0.15, 0.2) is 5.38 Å². The highest BCUT2D eigenvalue weighted by Gasteiger charge is 2.22. The Labute approximate surface area is 139 Å². The quantitative estimate of drug-likeness (QED) is 0.586. The predicted octanol–water partition coefficient (Wildman–Crippen LogP) is 3.04. The minimum Gasteiger partial charge on any atom is -0.465 e. The van der Waals surface area contributed by atoms with Crippen LogP contribution in [0.3, 0.4) is 0 Å². The minimum absolute atomic E-state index is 0.0191. The Morgan fingerprint density at radius 1 is 1.38 bits per heavy atom. The highest BCUT2D eigenvalue weighted by atomic mass is 35.6. The molecule has 0 aliphatic carbocycles. The summed E-state index contributed by atoms with van der Waals surface area (Å²) < 4.78 is 7.75. The van der Waals surface area contributed by atoms with Gasteiger partial charge in [0, 0.05) is 5.38 Å². The summed E-state index contributed by atoms with van der Waals surface area (Å²) in [5, 5.41) is 7.00. The lowest BCUT2D eigenvalue weighted by molar-refractivity contribution is -0.140. The zero-order valence-electron chi connectivity index (χ0n) is 10.8. The molecule has 0 radical (unpaired) electrons. The van der Waals surface area contributed by atoms with Crippen molar-refractivity contribution in [2.45, 2.75) is 10.7 Å². The Morgan fingerprint density at radius 2 is 2.10 bits per heavy atom. The molecule has 0 aliphatic heterocycles. The van der Waals surface area contributed by atoms with E-state index in [2.05, 4.69) is 20.4 Å². The first-order chi connectivity index (χ1) is 9.80. The molecule has 0 unspecified atom stereocenters. The first-order valence-electron chi connectivity index (χ1n) is 5.65. The Bertz CT molecular complexity index is 492. The van der Waals surface area contributed by atoms with Crippen molar-refractivity contribution in [3.8, 4) is 0 Å². The minimum atomic E-state index is -1.67. The van der Waals surface area contributed by atoms with E-state index in [1.54, 1.807) is 12.3 Å². The van der Waals surface area contributed by atoms with Gasteiger partial charge in [0.2, 0.25) is 3.79 Å².